The van der Waals surface area contributed by atoms with Crippen LogP contribution in [0.1, 0.15) is 32.4 Å². The normalized spacial score (nSPS) is 20.7. The van der Waals surface area contributed by atoms with E-state index in [2.05, 4.69) is 15.6 Å². The second-order valence-electron chi connectivity index (χ2n) is 4.44. The van der Waals surface area contributed by atoms with Gasteiger partial charge in [-0.15, -0.1) is 11.3 Å². The number of carbonyl (C=O) groups excluding carboxylic acids is 1. The molecule has 1 aliphatic heterocycles. The smallest absolute Gasteiger partial charge is 0.321 e. The fraction of sp³-hybridized carbons (Fsp3) is 0.667. The first-order valence-electron chi connectivity index (χ1n) is 6.32. The molecule has 2 heterocycles. The molecular weight excluding hydrogens is 250 g/mol. The van der Waals surface area contributed by atoms with Crippen molar-refractivity contribution in [1.29, 1.82) is 0 Å². The topological polar surface area (TPSA) is 63.2 Å². The summed E-state index contributed by atoms with van der Waals surface area (Å²) in [4.78, 5) is 16.1. The van der Waals surface area contributed by atoms with Gasteiger partial charge in [0, 0.05) is 12.0 Å². The van der Waals surface area contributed by atoms with Crippen molar-refractivity contribution in [1.82, 2.24) is 10.3 Å². The Balaban J connectivity index is 1.80. The summed E-state index contributed by atoms with van der Waals surface area (Å²) in [6.07, 6.45) is 3.10. The van der Waals surface area contributed by atoms with Crippen molar-refractivity contribution in [3.05, 3.63) is 11.1 Å². The fourth-order valence-electron chi connectivity index (χ4n) is 1.96. The third kappa shape index (κ3) is 3.43. The number of aryl methyl sites for hydroxylation is 1. The van der Waals surface area contributed by atoms with Gasteiger partial charge in [-0.1, -0.05) is 6.92 Å². The summed E-state index contributed by atoms with van der Waals surface area (Å²) in [7, 11) is 0. The molecule has 0 saturated carbocycles. The average Bonchev–Trinajstić information content (AvgIpc) is 2.98. The molecule has 2 atom stereocenters. The number of rotatable bonds is 4. The van der Waals surface area contributed by atoms with Crippen LogP contribution in [0, 0.1) is 0 Å². The quantitative estimate of drug-likeness (QED) is 0.882. The molecule has 0 bridgehead atoms. The SMILES string of the molecule is CCc1csc(NC(=O)N[C@H](C)[C@@H]2CCCO2)n1. The van der Waals surface area contributed by atoms with Gasteiger partial charge in [0.05, 0.1) is 17.8 Å². The van der Waals surface area contributed by atoms with Crippen LogP contribution in [0.5, 0.6) is 0 Å². The van der Waals surface area contributed by atoms with Crippen LogP contribution in [-0.2, 0) is 11.2 Å². The zero-order valence-electron chi connectivity index (χ0n) is 10.7. The summed E-state index contributed by atoms with van der Waals surface area (Å²) in [5.74, 6) is 0. The summed E-state index contributed by atoms with van der Waals surface area (Å²) in [5.41, 5.74) is 1.00. The largest absolute Gasteiger partial charge is 0.376 e. The third-order valence-electron chi connectivity index (χ3n) is 3.02. The maximum Gasteiger partial charge on any atom is 0.321 e. The Morgan fingerprint density at radius 1 is 1.72 bits per heavy atom. The number of nitrogens with zero attached hydrogens (tertiary/aromatic N) is 1. The van der Waals surface area contributed by atoms with E-state index < -0.39 is 0 Å². The van der Waals surface area contributed by atoms with Crippen molar-refractivity contribution in [2.45, 2.75) is 45.3 Å². The zero-order chi connectivity index (χ0) is 13.0. The summed E-state index contributed by atoms with van der Waals surface area (Å²) in [6.45, 7) is 4.80. The van der Waals surface area contributed by atoms with E-state index in [0.717, 1.165) is 31.6 Å². The molecule has 0 aliphatic carbocycles. The van der Waals surface area contributed by atoms with Gasteiger partial charge >= 0.3 is 6.03 Å². The molecule has 0 unspecified atom stereocenters. The number of amides is 2. The van der Waals surface area contributed by atoms with Crippen LogP contribution in [0.25, 0.3) is 0 Å². The number of carbonyl (C=O) groups is 1. The molecule has 2 amide bonds. The van der Waals surface area contributed by atoms with E-state index in [9.17, 15) is 4.79 Å². The van der Waals surface area contributed by atoms with Crippen molar-refractivity contribution in [2.75, 3.05) is 11.9 Å². The Kier molecular flexibility index (Phi) is 4.54. The Morgan fingerprint density at radius 3 is 3.17 bits per heavy atom. The summed E-state index contributed by atoms with van der Waals surface area (Å²) < 4.78 is 5.53. The van der Waals surface area contributed by atoms with E-state index in [1.54, 1.807) is 0 Å². The van der Waals surface area contributed by atoms with Crippen LogP contribution in [0.4, 0.5) is 9.93 Å². The van der Waals surface area contributed by atoms with Crippen LogP contribution in [0.2, 0.25) is 0 Å². The molecule has 0 spiro atoms. The fourth-order valence-corrected chi connectivity index (χ4v) is 2.75. The predicted octanol–water partition coefficient (Wildman–Crippen LogP) is 2.39. The molecule has 2 N–H and O–H groups in total. The molecule has 1 aromatic rings. The van der Waals surface area contributed by atoms with Gasteiger partial charge in [0.25, 0.3) is 0 Å². The van der Waals surface area contributed by atoms with Crippen molar-refractivity contribution < 1.29 is 9.53 Å². The van der Waals surface area contributed by atoms with Gasteiger partial charge in [-0.3, -0.25) is 5.32 Å². The molecule has 1 saturated heterocycles. The first-order valence-corrected chi connectivity index (χ1v) is 7.20. The molecule has 0 radical (unpaired) electrons. The first kappa shape index (κ1) is 13.3. The molecule has 18 heavy (non-hydrogen) atoms. The van der Waals surface area contributed by atoms with Crippen molar-refractivity contribution in [3.63, 3.8) is 0 Å². The highest BCUT2D eigenvalue weighted by Gasteiger charge is 2.23. The number of hydrogen-bond donors (Lipinski definition) is 2. The lowest BCUT2D eigenvalue weighted by Gasteiger charge is -2.19. The maximum atomic E-state index is 11.8. The van der Waals surface area contributed by atoms with Crippen LogP contribution in [0.3, 0.4) is 0 Å². The number of nitrogens with one attached hydrogen (secondary N) is 2. The van der Waals surface area contributed by atoms with E-state index in [-0.39, 0.29) is 18.2 Å². The molecular formula is C12H19N3O2S. The molecule has 5 nitrogen and oxygen atoms in total. The second kappa shape index (κ2) is 6.15. The van der Waals surface area contributed by atoms with Crippen molar-refractivity contribution in [3.8, 4) is 0 Å². The Bertz CT molecular complexity index is 402. The van der Waals surface area contributed by atoms with Gasteiger partial charge in [-0.05, 0) is 26.2 Å². The number of anilines is 1. The monoisotopic (exact) mass is 269 g/mol. The highest BCUT2D eigenvalue weighted by atomic mass is 32.1. The van der Waals surface area contributed by atoms with E-state index in [4.69, 9.17) is 4.74 Å². The highest BCUT2D eigenvalue weighted by Crippen LogP contribution is 2.17. The molecule has 1 fully saturated rings. The van der Waals surface area contributed by atoms with Crippen molar-refractivity contribution in [2.24, 2.45) is 0 Å². The van der Waals surface area contributed by atoms with E-state index >= 15 is 0 Å². The minimum Gasteiger partial charge on any atom is -0.376 e. The Labute approximate surface area is 111 Å². The number of ether oxygens (including phenoxy) is 1. The molecule has 1 aromatic heterocycles. The number of urea groups is 1. The zero-order valence-corrected chi connectivity index (χ0v) is 11.5. The van der Waals surface area contributed by atoms with Gasteiger partial charge in [-0.2, -0.15) is 0 Å². The number of aromatic nitrogens is 1. The molecule has 2 rings (SSSR count). The molecule has 1 aliphatic rings. The summed E-state index contributed by atoms with van der Waals surface area (Å²) in [5, 5.41) is 8.24. The Hall–Kier alpha value is -1.14. The second-order valence-corrected chi connectivity index (χ2v) is 5.29. The molecule has 100 valence electrons. The summed E-state index contributed by atoms with van der Waals surface area (Å²) in [6, 6.07) is -0.187. The van der Waals surface area contributed by atoms with Crippen LogP contribution in [0.15, 0.2) is 5.38 Å². The van der Waals surface area contributed by atoms with Gasteiger partial charge < -0.3 is 10.1 Å². The number of hydrogen-bond acceptors (Lipinski definition) is 4. The van der Waals surface area contributed by atoms with Crippen molar-refractivity contribution >= 4 is 22.5 Å². The summed E-state index contributed by atoms with van der Waals surface area (Å²) >= 11 is 1.45. The van der Waals surface area contributed by atoms with E-state index in [1.807, 2.05) is 19.2 Å². The lowest BCUT2D eigenvalue weighted by molar-refractivity contribution is 0.0868. The van der Waals surface area contributed by atoms with Crippen LogP contribution < -0.4 is 10.6 Å². The average molecular weight is 269 g/mol. The van der Waals surface area contributed by atoms with Gasteiger partial charge in [0.1, 0.15) is 0 Å². The van der Waals surface area contributed by atoms with Crippen LogP contribution >= 0.6 is 11.3 Å². The standard InChI is InChI=1S/C12H19N3O2S/c1-3-9-7-18-12(14-9)15-11(16)13-8(2)10-5-4-6-17-10/h7-8,10H,3-6H2,1-2H3,(H2,13,14,15,16)/t8-,10+/m1/s1. The minimum atomic E-state index is -0.213. The van der Waals surface area contributed by atoms with E-state index in [0.29, 0.717) is 5.13 Å². The predicted molar refractivity (Wildman–Crippen MR) is 72.1 cm³/mol. The van der Waals surface area contributed by atoms with E-state index in [1.165, 1.54) is 11.3 Å². The minimum absolute atomic E-state index is 0.0260. The van der Waals surface area contributed by atoms with Crippen LogP contribution in [-0.4, -0.2) is 29.8 Å². The molecule has 6 heteroatoms. The Morgan fingerprint density at radius 2 is 2.56 bits per heavy atom. The van der Waals surface area contributed by atoms with Gasteiger partial charge in [0.2, 0.25) is 0 Å². The first-order chi connectivity index (χ1) is 8.69. The molecule has 0 aromatic carbocycles. The lowest BCUT2D eigenvalue weighted by atomic mass is 10.1. The lowest BCUT2D eigenvalue weighted by Crippen LogP contribution is -2.42. The highest BCUT2D eigenvalue weighted by molar-refractivity contribution is 7.13. The number of thiazole rings is 1. The maximum absolute atomic E-state index is 11.8. The van der Waals surface area contributed by atoms with Gasteiger partial charge in [-0.25, -0.2) is 9.78 Å². The van der Waals surface area contributed by atoms with Gasteiger partial charge in [0.15, 0.2) is 5.13 Å². The third-order valence-corrected chi connectivity index (χ3v) is 3.82.